The molecule has 20 heavy (non-hydrogen) atoms. The Bertz CT molecular complexity index is 780. The summed E-state index contributed by atoms with van der Waals surface area (Å²) >= 11 is 6.35. The second-order valence-corrected chi connectivity index (χ2v) is 4.70. The summed E-state index contributed by atoms with van der Waals surface area (Å²) < 4.78 is 1.81. The number of aromatic nitrogens is 1. The van der Waals surface area contributed by atoms with Crippen LogP contribution < -0.4 is 11.3 Å². The second kappa shape index (κ2) is 5.00. The number of hydrogen-bond acceptors (Lipinski definition) is 2. The minimum atomic E-state index is -0.421. The lowest BCUT2D eigenvalue weighted by Crippen LogP contribution is -2.31. The highest BCUT2D eigenvalue weighted by atomic mass is 35.5. The van der Waals surface area contributed by atoms with E-state index in [4.69, 9.17) is 17.4 Å². The highest BCUT2D eigenvalue weighted by Gasteiger charge is 2.21. The van der Waals surface area contributed by atoms with Crippen molar-refractivity contribution in [3.63, 3.8) is 0 Å². The number of para-hydroxylation sites is 2. The van der Waals surface area contributed by atoms with Crippen molar-refractivity contribution in [1.29, 1.82) is 0 Å². The zero-order valence-electron chi connectivity index (χ0n) is 10.5. The molecule has 2 aromatic carbocycles. The van der Waals surface area contributed by atoms with Crippen LogP contribution >= 0.6 is 11.6 Å². The Morgan fingerprint density at radius 3 is 2.40 bits per heavy atom. The number of benzene rings is 2. The van der Waals surface area contributed by atoms with Gasteiger partial charge in [0, 0.05) is 11.1 Å². The van der Waals surface area contributed by atoms with Gasteiger partial charge in [-0.05, 0) is 18.2 Å². The van der Waals surface area contributed by atoms with Gasteiger partial charge in [-0.3, -0.25) is 10.2 Å². The van der Waals surface area contributed by atoms with Crippen LogP contribution in [-0.2, 0) is 0 Å². The van der Waals surface area contributed by atoms with Crippen LogP contribution in [0.4, 0.5) is 0 Å². The van der Waals surface area contributed by atoms with E-state index < -0.39 is 5.91 Å². The van der Waals surface area contributed by atoms with Gasteiger partial charge in [0.05, 0.1) is 10.5 Å². The van der Waals surface area contributed by atoms with Gasteiger partial charge in [-0.1, -0.05) is 48.0 Å². The fourth-order valence-corrected chi connectivity index (χ4v) is 2.65. The van der Waals surface area contributed by atoms with Crippen LogP contribution in [0.25, 0.3) is 16.6 Å². The number of nitrogens with zero attached hydrogens (tertiary/aromatic N) is 1. The Hall–Kier alpha value is -2.30. The van der Waals surface area contributed by atoms with Crippen molar-refractivity contribution in [1.82, 2.24) is 9.99 Å². The monoisotopic (exact) mass is 285 g/mol. The number of nitrogen functional groups attached to an aromatic ring is 1. The van der Waals surface area contributed by atoms with Gasteiger partial charge in [-0.25, -0.2) is 5.84 Å². The first-order valence-corrected chi connectivity index (χ1v) is 6.47. The smallest absolute Gasteiger partial charge is 0.283 e. The highest BCUT2D eigenvalue weighted by molar-refractivity contribution is 6.39. The van der Waals surface area contributed by atoms with Gasteiger partial charge < -0.3 is 4.57 Å². The molecule has 5 heteroatoms. The van der Waals surface area contributed by atoms with Crippen molar-refractivity contribution < 1.29 is 4.79 Å². The molecule has 0 saturated carbocycles. The predicted octanol–water partition coefficient (Wildman–Crippen LogP) is 2.89. The number of amides is 1. The van der Waals surface area contributed by atoms with E-state index in [9.17, 15) is 4.79 Å². The Labute approximate surface area is 120 Å². The summed E-state index contributed by atoms with van der Waals surface area (Å²) in [6.45, 7) is 0. The van der Waals surface area contributed by atoms with E-state index >= 15 is 0 Å². The van der Waals surface area contributed by atoms with Gasteiger partial charge in [0.2, 0.25) is 0 Å². The maximum Gasteiger partial charge on any atom is 0.283 e. The normalized spacial score (nSPS) is 10.7. The fourth-order valence-electron chi connectivity index (χ4n) is 2.32. The van der Waals surface area contributed by atoms with Crippen LogP contribution in [-0.4, -0.2) is 10.5 Å². The van der Waals surface area contributed by atoms with Crippen molar-refractivity contribution in [2.24, 2.45) is 5.84 Å². The zero-order valence-corrected chi connectivity index (χ0v) is 11.3. The second-order valence-electron chi connectivity index (χ2n) is 4.32. The average Bonchev–Trinajstić information content (AvgIpc) is 2.81. The van der Waals surface area contributed by atoms with Gasteiger partial charge in [-0.2, -0.15) is 0 Å². The molecule has 3 N–H and O–H groups in total. The molecule has 1 amide bonds. The topological polar surface area (TPSA) is 60.0 Å². The number of nitrogens with one attached hydrogen (secondary N) is 1. The van der Waals surface area contributed by atoms with E-state index in [1.165, 1.54) is 0 Å². The molecule has 3 rings (SSSR count). The number of hydrogen-bond donors (Lipinski definition) is 2. The molecule has 0 bridgehead atoms. The first-order valence-electron chi connectivity index (χ1n) is 6.09. The summed E-state index contributed by atoms with van der Waals surface area (Å²) in [5.74, 6) is 4.85. The van der Waals surface area contributed by atoms with Gasteiger partial charge in [0.15, 0.2) is 0 Å². The third kappa shape index (κ3) is 1.86. The van der Waals surface area contributed by atoms with E-state index in [1.54, 1.807) is 4.57 Å². The van der Waals surface area contributed by atoms with Crippen LogP contribution in [0.5, 0.6) is 0 Å². The summed E-state index contributed by atoms with van der Waals surface area (Å²) in [7, 11) is 0. The number of rotatable bonds is 2. The van der Waals surface area contributed by atoms with E-state index in [0.29, 0.717) is 10.7 Å². The molecule has 0 aliphatic carbocycles. The number of fused-ring (bicyclic) bond motifs is 1. The van der Waals surface area contributed by atoms with Gasteiger partial charge >= 0.3 is 0 Å². The highest BCUT2D eigenvalue weighted by Crippen LogP contribution is 2.33. The molecule has 0 unspecified atom stereocenters. The Morgan fingerprint density at radius 1 is 1.05 bits per heavy atom. The fraction of sp³-hybridized carbons (Fsp3) is 0. The number of nitrogens with two attached hydrogens (primary N) is 1. The lowest BCUT2D eigenvalue weighted by molar-refractivity contribution is 0.0947. The minimum absolute atomic E-state index is 0.335. The Balaban J connectivity index is 2.42. The average molecular weight is 286 g/mol. The van der Waals surface area contributed by atoms with Gasteiger partial charge in [0.1, 0.15) is 5.69 Å². The first-order chi connectivity index (χ1) is 9.74. The molecule has 0 aliphatic heterocycles. The lowest BCUT2D eigenvalue weighted by Gasteiger charge is -2.09. The number of halogens is 1. The molecular formula is C15H12ClN3O. The maximum atomic E-state index is 12.1. The van der Waals surface area contributed by atoms with Crippen molar-refractivity contribution in [2.45, 2.75) is 0 Å². The van der Waals surface area contributed by atoms with Crippen LogP contribution in [0.3, 0.4) is 0 Å². The van der Waals surface area contributed by atoms with Crippen LogP contribution in [0.2, 0.25) is 5.02 Å². The molecule has 3 aromatic rings. The summed E-state index contributed by atoms with van der Waals surface area (Å²) in [6.07, 6.45) is 0. The van der Waals surface area contributed by atoms with Crippen molar-refractivity contribution in [3.05, 3.63) is 65.3 Å². The molecule has 0 saturated heterocycles. The summed E-state index contributed by atoms with van der Waals surface area (Å²) in [5.41, 5.74) is 4.20. The lowest BCUT2D eigenvalue weighted by atomic mass is 10.2. The molecule has 1 heterocycles. The maximum absolute atomic E-state index is 12.1. The summed E-state index contributed by atoms with van der Waals surface area (Å²) in [4.78, 5) is 12.1. The molecule has 100 valence electrons. The van der Waals surface area contributed by atoms with E-state index in [1.807, 2.05) is 54.6 Å². The number of carbonyl (C=O) groups is 1. The molecule has 0 atom stereocenters. The van der Waals surface area contributed by atoms with E-state index in [2.05, 4.69) is 5.43 Å². The molecule has 0 spiro atoms. The standard InChI is InChI=1S/C15H12ClN3O/c16-13-11-8-4-5-9-12(11)19(14(13)15(20)18-17)10-6-2-1-3-7-10/h1-9H,17H2,(H,18,20). The third-order valence-electron chi connectivity index (χ3n) is 3.17. The van der Waals surface area contributed by atoms with E-state index in [0.717, 1.165) is 16.6 Å². The SMILES string of the molecule is NNC(=O)c1c(Cl)c2ccccc2n1-c1ccccc1. The molecule has 1 aromatic heterocycles. The molecule has 4 nitrogen and oxygen atoms in total. The predicted molar refractivity (Wildman–Crippen MR) is 79.9 cm³/mol. The van der Waals surface area contributed by atoms with Gasteiger partial charge in [-0.15, -0.1) is 0 Å². The summed E-state index contributed by atoms with van der Waals surface area (Å²) in [5, 5.41) is 1.21. The van der Waals surface area contributed by atoms with Crippen molar-refractivity contribution >= 4 is 28.4 Å². The van der Waals surface area contributed by atoms with Crippen LogP contribution in [0, 0.1) is 0 Å². The van der Waals surface area contributed by atoms with Crippen LogP contribution in [0.15, 0.2) is 54.6 Å². The minimum Gasteiger partial charge on any atom is -0.304 e. The quantitative estimate of drug-likeness (QED) is 0.432. The molecular weight excluding hydrogens is 274 g/mol. The first kappa shape index (κ1) is 12.7. The van der Waals surface area contributed by atoms with Crippen molar-refractivity contribution in [3.8, 4) is 5.69 Å². The Morgan fingerprint density at radius 2 is 1.70 bits per heavy atom. The van der Waals surface area contributed by atoms with Gasteiger partial charge in [0.25, 0.3) is 5.91 Å². The van der Waals surface area contributed by atoms with E-state index in [-0.39, 0.29) is 0 Å². The molecule has 0 radical (unpaired) electrons. The van der Waals surface area contributed by atoms with Crippen LogP contribution in [0.1, 0.15) is 10.5 Å². The summed E-state index contributed by atoms with van der Waals surface area (Å²) in [6, 6.07) is 17.1. The molecule has 0 fully saturated rings. The Kier molecular flexibility index (Phi) is 3.18. The zero-order chi connectivity index (χ0) is 14.1. The molecule has 0 aliphatic rings. The largest absolute Gasteiger partial charge is 0.304 e. The third-order valence-corrected chi connectivity index (χ3v) is 3.56. The number of carbonyl (C=O) groups excluding carboxylic acids is 1. The van der Waals surface area contributed by atoms with Crippen molar-refractivity contribution in [2.75, 3.05) is 0 Å². The number of hydrazine groups is 1.